The zero-order chi connectivity index (χ0) is 16.9. The standard InChI is InChI=1S/C15H17N3O6/c19-15(16-4-1-5-24-18(20)21)14-7-10-6-11(2-3-13(10)17-14)22-8-12-9-23-12/h2-3,6-7,12,17H,1,4-5,8-9H2,(H,16,19). The molecule has 24 heavy (non-hydrogen) atoms. The number of rotatable bonds is 9. The van der Waals surface area contributed by atoms with E-state index in [-0.39, 0.29) is 25.2 Å². The first-order valence-electron chi connectivity index (χ1n) is 7.54. The largest absolute Gasteiger partial charge is 0.491 e. The van der Waals surface area contributed by atoms with Gasteiger partial charge in [0.1, 0.15) is 24.2 Å². The minimum Gasteiger partial charge on any atom is -0.491 e. The third-order valence-corrected chi connectivity index (χ3v) is 3.48. The van der Waals surface area contributed by atoms with Crippen LogP contribution in [0.2, 0.25) is 0 Å². The molecule has 0 bridgehead atoms. The smallest absolute Gasteiger partial charge is 0.294 e. The molecule has 9 heteroatoms. The average molecular weight is 335 g/mol. The van der Waals surface area contributed by atoms with Crippen LogP contribution in [0.1, 0.15) is 16.9 Å². The van der Waals surface area contributed by atoms with Gasteiger partial charge in [-0.05, 0) is 30.7 Å². The molecule has 1 amide bonds. The van der Waals surface area contributed by atoms with E-state index in [9.17, 15) is 14.9 Å². The van der Waals surface area contributed by atoms with E-state index in [1.807, 2.05) is 18.2 Å². The Balaban J connectivity index is 1.53. The number of amides is 1. The number of hydrogen-bond acceptors (Lipinski definition) is 6. The summed E-state index contributed by atoms with van der Waals surface area (Å²) in [6, 6.07) is 7.27. The Labute approximate surface area is 137 Å². The van der Waals surface area contributed by atoms with Gasteiger partial charge in [0.15, 0.2) is 0 Å². The van der Waals surface area contributed by atoms with Gasteiger partial charge in [-0.2, -0.15) is 0 Å². The third kappa shape index (κ3) is 4.35. The fourth-order valence-corrected chi connectivity index (χ4v) is 2.18. The number of ether oxygens (including phenoxy) is 2. The number of carbonyl (C=O) groups is 1. The lowest BCUT2D eigenvalue weighted by atomic mass is 10.2. The van der Waals surface area contributed by atoms with Gasteiger partial charge in [0.25, 0.3) is 11.0 Å². The van der Waals surface area contributed by atoms with E-state index >= 15 is 0 Å². The Bertz CT molecular complexity index is 740. The molecule has 1 saturated heterocycles. The fourth-order valence-electron chi connectivity index (χ4n) is 2.18. The van der Waals surface area contributed by atoms with E-state index < -0.39 is 5.09 Å². The van der Waals surface area contributed by atoms with Gasteiger partial charge >= 0.3 is 0 Å². The summed E-state index contributed by atoms with van der Waals surface area (Å²) < 4.78 is 10.7. The first-order valence-corrected chi connectivity index (χ1v) is 7.54. The van der Waals surface area contributed by atoms with Gasteiger partial charge in [-0.1, -0.05) is 0 Å². The van der Waals surface area contributed by atoms with Crippen LogP contribution in [0.4, 0.5) is 0 Å². The first-order chi connectivity index (χ1) is 11.6. The normalized spacial score (nSPS) is 15.9. The summed E-state index contributed by atoms with van der Waals surface area (Å²) in [6.07, 6.45) is 0.543. The maximum Gasteiger partial charge on any atom is 0.294 e. The SMILES string of the molecule is O=C(NCCCO[N+](=O)[O-])c1cc2cc(OCC3CO3)ccc2[nH]1. The van der Waals surface area contributed by atoms with Crippen LogP contribution in [-0.4, -0.2) is 48.4 Å². The number of nitrogens with zero attached hydrogens (tertiary/aromatic N) is 1. The highest BCUT2D eigenvalue weighted by molar-refractivity contribution is 5.98. The molecule has 1 aromatic carbocycles. The van der Waals surface area contributed by atoms with Crippen LogP contribution in [0.3, 0.4) is 0 Å². The number of hydrogen-bond donors (Lipinski definition) is 2. The molecule has 1 aliphatic rings. The molecule has 9 nitrogen and oxygen atoms in total. The van der Waals surface area contributed by atoms with Gasteiger partial charge in [-0.3, -0.25) is 4.79 Å². The molecule has 2 aromatic rings. The van der Waals surface area contributed by atoms with E-state index in [0.29, 0.717) is 18.7 Å². The van der Waals surface area contributed by atoms with Crippen molar-refractivity contribution in [1.29, 1.82) is 0 Å². The molecular weight excluding hydrogens is 318 g/mol. The van der Waals surface area contributed by atoms with E-state index in [4.69, 9.17) is 9.47 Å². The van der Waals surface area contributed by atoms with Crippen LogP contribution < -0.4 is 10.1 Å². The van der Waals surface area contributed by atoms with Crippen molar-refractivity contribution in [2.75, 3.05) is 26.4 Å². The van der Waals surface area contributed by atoms with Crippen molar-refractivity contribution in [1.82, 2.24) is 10.3 Å². The van der Waals surface area contributed by atoms with Gasteiger partial charge in [-0.25, -0.2) is 0 Å². The van der Waals surface area contributed by atoms with Crippen molar-refractivity contribution in [3.05, 3.63) is 40.1 Å². The number of carbonyl (C=O) groups excluding carboxylic acids is 1. The summed E-state index contributed by atoms with van der Waals surface area (Å²) in [5.41, 5.74) is 1.25. The van der Waals surface area contributed by atoms with Gasteiger partial charge in [0.05, 0.1) is 13.2 Å². The molecule has 0 spiro atoms. The number of nitrogens with one attached hydrogen (secondary N) is 2. The van der Waals surface area contributed by atoms with Crippen LogP contribution in [0.5, 0.6) is 5.75 Å². The van der Waals surface area contributed by atoms with Gasteiger partial charge in [0, 0.05) is 17.4 Å². The molecule has 2 heterocycles. The highest BCUT2D eigenvalue weighted by Crippen LogP contribution is 2.22. The lowest BCUT2D eigenvalue weighted by Crippen LogP contribution is -2.25. The van der Waals surface area contributed by atoms with Crippen molar-refractivity contribution < 1.29 is 24.2 Å². The topological polar surface area (TPSA) is 119 Å². The van der Waals surface area contributed by atoms with Crippen LogP contribution in [0, 0.1) is 10.1 Å². The highest BCUT2D eigenvalue weighted by Gasteiger charge is 2.23. The Hall–Kier alpha value is -2.81. The Kier molecular flexibility index (Phi) is 4.80. The number of benzene rings is 1. The third-order valence-electron chi connectivity index (χ3n) is 3.48. The second-order valence-electron chi connectivity index (χ2n) is 5.36. The molecule has 1 unspecified atom stereocenters. The van der Waals surface area contributed by atoms with Crippen molar-refractivity contribution in [2.45, 2.75) is 12.5 Å². The summed E-state index contributed by atoms with van der Waals surface area (Å²) >= 11 is 0. The maximum absolute atomic E-state index is 12.1. The van der Waals surface area contributed by atoms with Crippen LogP contribution in [0.15, 0.2) is 24.3 Å². The monoisotopic (exact) mass is 335 g/mol. The van der Waals surface area contributed by atoms with E-state index in [1.165, 1.54) is 0 Å². The Morgan fingerprint density at radius 1 is 1.46 bits per heavy atom. The number of epoxide rings is 1. The summed E-state index contributed by atoms with van der Waals surface area (Å²) in [6.45, 7) is 1.50. The molecule has 0 saturated carbocycles. The lowest BCUT2D eigenvalue weighted by molar-refractivity contribution is -0.757. The molecule has 2 N–H and O–H groups in total. The lowest BCUT2D eigenvalue weighted by Gasteiger charge is -2.03. The van der Waals surface area contributed by atoms with Gasteiger partial charge < -0.3 is 24.6 Å². The molecule has 1 aromatic heterocycles. The molecule has 1 aliphatic heterocycles. The van der Waals surface area contributed by atoms with Crippen molar-refractivity contribution in [3.63, 3.8) is 0 Å². The van der Waals surface area contributed by atoms with Crippen LogP contribution in [-0.2, 0) is 9.57 Å². The minimum atomic E-state index is -0.853. The maximum atomic E-state index is 12.1. The van der Waals surface area contributed by atoms with Gasteiger partial charge in [-0.15, -0.1) is 10.1 Å². The summed E-state index contributed by atoms with van der Waals surface area (Å²) in [5, 5.41) is 12.7. The number of aromatic amines is 1. The quantitative estimate of drug-likeness (QED) is 0.308. The van der Waals surface area contributed by atoms with Crippen LogP contribution >= 0.6 is 0 Å². The van der Waals surface area contributed by atoms with E-state index in [2.05, 4.69) is 15.1 Å². The van der Waals surface area contributed by atoms with Gasteiger partial charge in [0.2, 0.25) is 0 Å². The second-order valence-corrected chi connectivity index (χ2v) is 5.36. The molecule has 1 atom stereocenters. The molecule has 0 radical (unpaired) electrons. The fraction of sp³-hybridized carbons (Fsp3) is 0.400. The zero-order valence-corrected chi connectivity index (χ0v) is 12.8. The average Bonchev–Trinajstić information content (AvgIpc) is 3.29. The minimum absolute atomic E-state index is 0.0502. The predicted molar refractivity (Wildman–Crippen MR) is 83.4 cm³/mol. The molecular formula is C15H17N3O6. The summed E-state index contributed by atoms with van der Waals surface area (Å²) in [5.74, 6) is 0.446. The van der Waals surface area contributed by atoms with E-state index in [1.54, 1.807) is 6.07 Å². The molecule has 3 rings (SSSR count). The molecule has 0 aliphatic carbocycles. The van der Waals surface area contributed by atoms with Crippen molar-refractivity contribution in [3.8, 4) is 5.75 Å². The first kappa shape index (κ1) is 16.1. The van der Waals surface area contributed by atoms with Crippen LogP contribution in [0.25, 0.3) is 10.9 Å². The van der Waals surface area contributed by atoms with Crippen molar-refractivity contribution >= 4 is 16.8 Å². The summed E-state index contributed by atoms with van der Waals surface area (Å²) in [4.78, 5) is 29.3. The van der Waals surface area contributed by atoms with E-state index in [0.717, 1.165) is 23.3 Å². The highest BCUT2D eigenvalue weighted by atomic mass is 16.9. The number of fused-ring (bicyclic) bond motifs is 1. The zero-order valence-electron chi connectivity index (χ0n) is 12.8. The second kappa shape index (κ2) is 7.18. The Morgan fingerprint density at radius 3 is 3.04 bits per heavy atom. The molecule has 128 valence electrons. The predicted octanol–water partition coefficient (Wildman–Crippen LogP) is 1.27. The molecule has 1 fully saturated rings. The number of aromatic nitrogens is 1. The van der Waals surface area contributed by atoms with Crippen molar-refractivity contribution in [2.24, 2.45) is 0 Å². The number of H-pyrrole nitrogens is 1. The Morgan fingerprint density at radius 2 is 2.29 bits per heavy atom. The summed E-state index contributed by atoms with van der Waals surface area (Å²) in [7, 11) is 0.